The topological polar surface area (TPSA) is 106 Å². The van der Waals surface area contributed by atoms with Crippen molar-refractivity contribution < 1.29 is 21.9 Å². The molecule has 0 saturated carbocycles. The Kier molecular flexibility index (Phi) is 6.51. The van der Waals surface area contributed by atoms with E-state index in [1.807, 2.05) is 0 Å². The molecule has 13 heteroatoms. The minimum absolute atomic E-state index is 0.0992. The number of hydrogen-bond donors (Lipinski definition) is 2. The number of benzene rings is 2. The average molecular weight is 514 g/mol. The Labute approximate surface area is 199 Å². The maximum atomic E-state index is 14.7. The molecule has 1 saturated heterocycles. The van der Waals surface area contributed by atoms with Crippen LogP contribution in [0, 0.1) is 12.7 Å². The predicted molar refractivity (Wildman–Crippen MR) is 126 cm³/mol. The standard InChI is InChI=1S/C21H22ClF2N5O4S/c1-11-14(6-7-15-18(11)21(30)28(2)10-25-15)26-20-12(23)4-5-16(19(20)22)27-34(31,32)29-8-13(24)17(9-29)33-3/h4-7,10,13,17,26-27H,8-9H2,1-3H3/t13-,17-/m0/s1. The van der Waals surface area contributed by atoms with Gasteiger partial charge in [-0.15, -0.1) is 0 Å². The van der Waals surface area contributed by atoms with Gasteiger partial charge in [0.25, 0.3) is 5.56 Å². The van der Waals surface area contributed by atoms with E-state index in [9.17, 15) is 22.0 Å². The van der Waals surface area contributed by atoms with Crippen LogP contribution in [0.4, 0.5) is 25.8 Å². The number of aromatic nitrogens is 2. The summed E-state index contributed by atoms with van der Waals surface area (Å²) in [5.74, 6) is -0.740. The predicted octanol–water partition coefficient (Wildman–Crippen LogP) is 3.10. The second-order valence-electron chi connectivity index (χ2n) is 7.92. The van der Waals surface area contributed by atoms with Gasteiger partial charge in [0, 0.05) is 32.9 Å². The third-order valence-corrected chi connectivity index (χ3v) is 7.59. The van der Waals surface area contributed by atoms with Gasteiger partial charge in [0.15, 0.2) is 0 Å². The highest BCUT2D eigenvalue weighted by Gasteiger charge is 2.39. The summed E-state index contributed by atoms with van der Waals surface area (Å²) >= 11 is 6.36. The second-order valence-corrected chi connectivity index (χ2v) is 9.96. The van der Waals surface area contributed by atoms with Crippen LogP contribution in [0.5, 0.6) is 0 Å². The molecule has 0 amide bonds. The molecule has 2 atom stereocenters. The van der Waals surface area contributed by atoms with E-state index in [2.05, 4.69) is 15.0 Å². The Hall–Kier alpha value is -2.80. The van der Waals surface area contributed by atoms with Gasteiger partial charge in [0.1, 0.15) is 18.1 Å². The van der Waals surface area contributed by atoms with Crippen LogP contribution in [0.15, 0.2) is 35.4 Å². The number of nitrogens with one attached hydrogen (secondary N) is 2. The zero-order chi connectivity index (χ0) is 24.8. The highest BCUT2D eigenvalue weighted by Crippen LogP contribution is 2.37. The number of nitrogens with zero attached hydrogens (tertiary/aromatic N) is 3. The molecule has 9 nitrogen and oxygen atoms in total. The first-order valence-electron chi connectivity index (χ1n) is 10.2. The maximum absolute atomic E-state index is 14.7. The zero-order valence-electron chi connectivity index (χ0n) is 18.5. The molecule has 1 fully saturated rings. The Balaban J connectivity index is 1.67. The van der Waals surface area contributed by atoms with Crippen molar-refractivity contribution in [2.75, 3.05) is 30.2 Å². The summed E-state index contributed by atoms with van der Waals surface area (Å²) in [4.78, 5) is 16.8. The third-order valence-electron chi connectivity index (χ3n) is 5.74. The molecule has 182 valence electrons. The van der Waals surface area contributed by atoms with Crippen LogP contribution in [-0.4, -0.2) is 54.7 Å². The first kappa shape index (κ1) is 24.3. The van der Waals surface area contributed by atoms with Gasteiger partial charge in [-0.1, -0.05) is 11.6 Å². The molecular formula is C21H22ClF2N5O4S. The molecule has 3 aromatic rings. The van der Waals surface area contributed by atoms with Crippen LogP contribution in [0.3, 0.4) is 0 Å². The van der Waals surface area contributed by atoms with Crippen molar-refractivity contribution in [1.29, 1.82) is 0 Å². The number of fused-ring (bicyclic) bond motifs is 1. The SMILES string of the molecule is CO[C@H]1CN(S(=O)(=O)Nc2ccc(F)c(Nc3ccc4ncn(C)c(=O)c4c3C)c2Cl)C[C@@H]1F. The number of ether oxygens (including phenoxy) is 1. The minimum atomic E-state index is -4.18. The fraction of sp³-hybridized carbons (Fsp3) is 0.333. The normalized spacial score (nSPS) is 19.0. The average Bonchev–Trinajstić information content (AvgIpc) is 3.18. The van der Waals surface area contributed by atoms with Gasteiger partial charge < -0.3 is 14.6 Å². The van der Waals surface area contributed by atoms with E-state index in [0.717, 1.165) is 10.4 Å². The molecule has 0 aliphatic carbocycles. The molecule has 2 aromatic carbocycles. The molecule has 2 N–H and O–H groups in total. The molecule has 4 rings (SSSR count). The number of methoxy groups -OCH3 is 1. The van der Waals surface area contributed by atoms with Crippen molar-refractivity contribution in [1.82, 2.24) is 13.9 Å². The molecule has 0 unspecified atom stereocenters. The monoisotopic (exact) mass is 513 g/mol. The number of aryl methyl sites for hydroxylation is 2. The van der Waals surface area contributed by atoms with Crippen molar-refractivity contribution in [3.63, 3.8) is 0 Å². The van der Waals surface area contributed by atoms with Crippen LogP contribution < -0.4 is 15.6 Å². The molecule has 1 aliphatic heterocycles. The Morgan fingerprint density at radius 1 is 1.21 bits per heavy atom. The zero-order valence-corrected chi connectivity index (χ0v) is 20.0. The molecule has 0 spiro atoms. The van der Waals surface area contributed by atoms with Crippen LogP contribution in [0.1, 0.15) is 5.56 Å². The second kappa shape index (κ2) is 9.10. The summed E-state index contributed by atoms with van der Waals surface area (Å²) in [5, 5.41) is 2.97. The summed E-state index contributed by atoms with van der Waals surface area (Å²) in [7, 11) is -1.31. The summed E-state index contributed by atoms with van der Waals surface area (Å²) in [6.45, 7) is 1.13. The van der Waals surface area contributed by atoms with Crippen LogP contribution in [0.2, 0.25) is 5.02 Å². The van der Waals surface area contributed by atoms with Gasteiger partial charge in [-0.05, 0) is 36.8 Å². The molecule has 1 aliphatic rings. The fourth-order valence-electron chi connectivity index (χ4n) is 3.79. The van der Waals surface area contributed by atoms with Crippen LogP contribution in [0.25, 0.3) is 10.9 Å². The van der Waals surface area contributed by atoms with E-state index >= 15 is 0 Å². The highest BCUT2D eigenvalue weighted by atomic mass is 35.5. The Bertz CT molecular complexity index is 1430. The largest absolute Gasteiger partial charge is 0.377 e. The first-order chi connectivity index (χ1) is 16.0. The summed E-state index contributed by atoms with van der Waals surface area (Å²) in [6, 6.07) is 5.44. The maximum Gasteiger partial charge on any atom is 0.301 e. The van der Waals surface area contributed by atoms with Crippen molar-refractivity contribution in [3.8, 4) is 0 Å². The van der Waals surface area contributed by atoms with E-state index in [4.69, 9.17) is 16.3 Å². The summed E-state index contributed by atoms with van der Waals surface area (Å²) in [5.41, 5.74) is 0.823. The van der Waals surface area contributed by atoms with Gasteiger partial charge in [0.05, 0.1) is 33.6 Å². The molecule has 0 bridgehead atoms. The van der Waals surface area contributed by atoms with Crippen LogP contribution >= 0.6 is 11.6 Å². The highest BCUT2D eigenvalue weighted by molar-refractivity contribution is 7.90. The molecule has 34 heavy (non-hydrogen) atoms. The van der Waals surface area contributed by atoms with E-state index in [0.29, 0.717) is 22.2 Å². The van der Waals surface area contributed by atoms with E-state index in [1.165, 1.54) is 24.1 Å². The first-order valence-corrected chi connectivity index (χ1v) is 12.0. The van der Waals surface area contributed by atoms with Crippen molar-refractivity contribution in [3.05, 3.63) is 57.3 Å². The lowest BCUT2D eigenvalue weighted by molar-refractivity contribution is 0.0637. The lowest BCUT2D eigenvalue weighted by atomic mass is 10.1. The van der Waals surface area contributed by atoms with Crippen molar-refractivity contribution in [2.24, 2.45) is 7.05 Å². The lowest BCUT2D eigenvalue weighted by Crippen LogP contribution is -2.35. The lowest BCUT2D eigenvalue weighted by Gasteiger charge is -2.20. The number of rotatable bonds is 6. The Morgan fingerprint density at radius 2 is 1.91 bits per heavy atom. The van der Waals surface area contributed by atoms with Gasteiger partial charge in [-0.3, -0.25) is 9.52 Å². The van der Waals surface area contributed by atoms with E-state index in [-0.39, 0.29) is 35.0 Å². The number of anilines is 3. The molecule has 2 heterocycles. The summed E-state index contributed by atoms with van der Waals surface area (Å²) in [6.07, 6.45) is -0.944. The van der Waals surface area contributed by atoms with Crippen molar-refractivity contribution in [2.45, 2.75) is 19.2 Å². The number of alkyl halides is 1. The minimum Gasteiger partial charge on any atom is -0.377 e. The summed E-state index contributed by atoms with van der Waals surface area (Å²) < 4.78 is 63.7. The quantitative estimate of drug-likeness (QED) is 0.525. The third kappa shape index (κ3) is 4.33. The molecule has 1 aromatic heterocycles. The molecular weight excluding hydrogens is 492 g/mol. The van der Waals surface area contributed by atoms with Gasteiger partial charge in [-0.2, -0.15) is 12.7 Å². The van der Waals surface area contributed by atoms with E-state index < -0.39 is 28.3 Å². The fourth-order valence-corrected chi connectivity index (χ4v) is 5.35. The number of hydrogen-bond acceptors (Lipinski definition) is 6. The molecule has 0 radical (unpaired) electrons. The number of halogens is 3. The van der Waals surface area contributed by atoms with Gasteiger partial charge in [0.2, 0.25) is 0 Å². The van der Waals surface area contributed by atoms with E-state index in [1.54, 1.807) is 26.1 Å². The van der Waals surface area contributed by atoms with Gasteiger partial charge in [-0.25, -0.2) is 13.8 Å². The smallest absolute Gasteiger partial charge is 0.301 e. The van der Waals surface area contributed by atoms with Crippen LogP contribution in [-0.2, 0) is 22.0 Å². The Morgan fingerprint density at radius 3 is 2.59 bits per heavy atom. The van der Waals surface area contributed by atoms with Crippen molar-refractivity contribution >= 4 is 49.8 Å². The van der Waals surface area contributed by atoms with Gasteiger partial charge >= 0.3 is 10.2 Å².